The molecule has 0 unspecified atom stereocenters. The third-order valence-electron chi connectivity index (χ3n) is 9.15. The van der Waals surface area contributed by atoms with E-state index in [2.05, 4.69) is 191 Å². The van der Waals surface area contributed by atoms with E-state index < -0.39 is 0 Å². The Balaban J connectivity index is 1.19. The zero-order valence-electron chi connectivity index (χ0n) is 25.2. The van der Waals surface area contributed by atoms with Crippen molar-refractivity contribution in [1.82, 2.24) is 4.57 Å². The summed E-state index contributed by atoms with van der Waals surface area (Å²) in [6.07, 6.45) is 0. The third kappa shape index (κ3) is 4.35. The smallest absolute Gasteiger partial charge is 0.0547 e. The Kier molecular flexibility index (Phi) is 6.17. The van der Waals surface area contributed by atoms with Crippen LogP contribution in [0.25, 0.3) is 60.2 Å². The van der Waals surface area contributed by atoms with Crippen molar-refractivity contribution in [2.24, 2.45) is 0 Å². The third-order valence-corrected chi connectivity index (χ3v) is 9.15. The molecule has 0 aliphatic rings. The van der Waals surface area contributed by atoms with Gasteiger partial charge in [-0.05, 0) is 81.9 Å². The number of hydrogen-bond donors (Lipinski definition) is 0. The summed E-state index contributed by atoms with van der Waals surface area (Å²) >= 11 is 0. The van der Waals surface area contributed by atoms with Crippen LogP contribution < -0.4 is 4.90 Å². The van der Waals surface area contributed by atoms with Crippen LogP contribution in [-0.4, -0.2) is 4.57 Å². The number of hydrogen-bond acceptors (Lipinski definition) is 1. The summed E-state index contributed by atoms with van der Waals surface area (Å²) in [5, 5.41) is 7.44. The maximum Gasteiger partial charge on any atom is 0.0547 e. The van der Waals surface area contributed by atoms with E-state index in [0.29, 0.717) is 0 Å². The number of anilines is 3. The molecule has 0 bridgehead atoms. The number of aromatic nitrogens is 1. The highest BCUT2D eigenvalue weighted by Crippen LogP contribution is 2.41. The predicted molar refractivity (Wildman–Crippen MR) is 196 cm³/mol. The van der Waals surface area contributed by atoms with Gasteiger partial charge in [0.25, 0.3) is 0 Å². The molecule has 0 atom stereocenters. The molecule has 1 heterocycles. The first-order chi connectivity index (χ1) is 22.8. The molecule has 9 rings (SSSR count). The Morgan fingerprint density at radius 1 is 0.348 bits per heavy atom. The minimum Gasteiger partial charge on any atom is -0.310 e. The van der Waals surface area contributed by atoms with Crippen molar-refractivity contribution in [1.29, 1.82) is 0 Å². The molecule has 0 aliphatic heterocycles. The first kappa shape index (κ1) is 26.3. The van der Waals surface area contributed by atoms with Gasteiger partial charge in [0.15, 0.2) is 0 Å². The average molecular weight is 587 g/mol. The Labute approximate surface area is 268 Å². The van der Waals surface area contributed by atoms with Gasteiger partial charge in [-0.3, -0.25) is 0 Å². The molecule has 0 saturated heterocycles. The molecule has 0 N–H and O–H groups in total. The molecule has 9 aromatic rings. The van der Waals surface area contributed by atoms with Gasteiger partial charge in [-0.2, -0.15) is 0 Å². The summed E-state index contributed by atoms with van der Waals surface area (Å²) in [6.45, 7) is 0. The van der Waals surface area contributed by atoms with Crippen molar-refractivity contribution >= 4 is 60.4 Å². The van der Waals surface area contributed by atoms with Crippen LogP contribution in [0.15, 0.2) is 182 Å². The standard InChI is InChI=1S/C44H30N2/c1-2-15-36(16-3-1)46-43-19-9-8-18-40(43)41-28-24-35(30-44(41)46)32-21-25-37(26-22-32)45(38-27-23-31-11-4-5-13-34(31)29-38)42-20-10-14-33-12-6-7-17-39(33)42/h1-30H. The Hall–Kier alpha value is -6.12. The van der Waals surface area contributed by atoms with E-state index in [9.17, 15) is 0 Å². The van der Waals surface area contributed by atoms with Crippen molar-refractivity contribution in [2.45, 2.75) is 0 Å². The van der Waals surface area contributed by atoms with Crippen LogP contribution >= 0.6 is 0 Å². The normalized spacial score (nSPS) is 11.5. The topological polar surface area (TPSA) is 8.17 Å². The number of para-hydroxylation sites is 2. The second kappa shape index (κ2) is 10.8. The van der Waals surface area contributed by atoms with Crippen molar-refractivity contribution < 1.29 is 0 Å². The van der Waals surface area contributed by atoms with Crippen LogP contribution in [0, 0.1) is 0 Å². The molecule has 0 spiro atoms. The molecular weight excluding hydrogens is 556 g/mol. The van der Waals surface area contributed by atoms with Crippen LogP contribution in [0.1, 0.15) is 0 Å². The van der Waals surface area contributed by atoms with Gasteiger partial charge in [-0.25, -0.2) is 0 Å². The second-order valence-corrected chi connectivity index (χ2v) is 11.8. The molecule has 2 heteroatoms. The molecule has 1 aromatic heterocycles. The first-order valence-electron chi connectivity index (χ1n) is 15.8. The highest BCUT2D eigenvalue weighted by molar-refractivity contribution is 6.10. The molecule has 0 radical (unpaired) electrons. The van der Waals surface area contributed by atoms with E-state index in [1.165, 1.54) is 60.2 Å². The lowest BCUT2D eigenvalue weighted by molar-refractivity contribution is 1.18. The highest BCUT2D eigenvalue weighted by Gasteiger charge is 2.17. The number of fused-ring (bicyclic) bond motifs is 5. The van der Waals surface area contributed by atoms with Crippen molar-refractivity contribution in [3.63, 3.8) is 0 Å². The molecular formula is C44H30N2. The fourth-order valence-electron chi connectivity index (χ4n) is 6.95. The maximum absolute atomic E-state index is 2.38. The molecule has 0 amide bonds. The van der Waals surface area contributed by atoms with Crippen LogP contribution in [0.5, 0.6) is 0 Å². The Morgan fingerprint density at radius 2 is 0.978 bits per heavy atom. The van der Waals surface area contributed by atoms with E-state index in [-0.39, 0.29) is 0 Å². The lowest BCUT2D eigenvalue weighted by Gasteiger charge is -2.27. The molecule has 216 valence electrons. The van der Waals surface area contributed by atoms with Gasteiger partial charge in [-0.15, -0.1) is 0 Å². The van der Waals surface area contributed by atoms with Crippen molar-refractivity contribution in [2.75, 3.05) is 4.90 Å². The van der Waals surface area contributed by atoms with Gasteiger partial charge in [-0.1, -0.05) is 127 Å². The van der Waals surface area contributed by atoms with Crippen molar-refractivity contribution in [3.05, 3.63) is 182 Å². The number of benzene rings is 8. The molecule has 46 heavy (non-hydrogen) atoms. The molecule has 0 fully saturated rings. The summed E-state index contributed by atoms with van der Waals surface area (Å²) in [6, 6.07) is 65.7. The Bertz CT molecular complexity index is 2520. The SMILES string of the molecule is c1ccc(-n2c3ccccc3c3ccc(-c4ccc(N(c5ccc6ccccc6c5)c5cccc6ccccc56)cc4)cc32)cc1. The van der Waals surface area contributed by atoms with Gasteiger partial charge in [0, 0.05) is 33.2 Å². The van der Waals surface area contributed by atoms with Crippen molar-refractivity contribution in [3.8, 4) is 16.8 Å². The van der Waals surface area contributed by atoms with E-state index in [4.69, 9.17) is 0 Å². The zero-order chi connectivity index (χ0) is 30.5. The van der Waals surface area contributed by atoms with E-state index >= 15 is 0 Å². The fourth-order valence-corrected chi connectivity index (χ4v) is 6.95. The number of rotatable bonds is 5. The van der Waals surface area contributed by atoms with Crippen LogP contribution in [0.4, 0.5) is 17.1 Å². The molecule has 0 saturated carbocycles. The van der Waals surface area contributed by atoms with Crippen LogP contribution in [0.3, 0.4) is 0 Å². The molecule has 2 nitrogen and oxygen atoms in total. The van der Waals surface area contributed by atoms with E-state index in [1.54, 1.807) is 0 Å². The molecule has 0 aliphatic carbocycles. The van der Waals surface area contributed by atoms with Gasteiger partial charge < -0.3 is 9.47 Å². The maximum atomic E-state index is 2.38. The molecule has 8 aromatic carbocycles. The summed E-state index contributed by atoms with van der Waals surface area (Å²) in [7, 11) is 0. The minimum atomic E-state index is 1.12. The van der Waals surface area contributed by atoms with E-state index in [1.807, 2.05) is 0 Å². The first-order valence-corrected chi connectivity index (χ1v) is 15.8. The van der Waals surface area contributed by atoms with Crippen LogP contribution in [0.2, 0.25) is 0 Å². The largest absolute Gasteiger partial charge is 0.310 e. The second-order valence-electron chi connectivity index (χ2n) is 11.8. The van der Waals surface area contributed by atoms with Gasteiger partial charge in [0.05, 0.1) is 16.7 Å². The van der Waals surface area contributed by atoms with E-state index in [0.717, 1.165) is 17.1 Å². The highest BCUT2D eigenvalue weighted by atomic mass is 15.1. The predicted octanol–water partition coefficient (Wildman–Crippen LogP) is 12.2. The minimum absolute atomic E-state index is 1.12. The monoisotopic (exact) mass is 586 g/mol. The lowest BCUT2D eigenvalue weighted by atomic mass is 10.0. The zero-order valence-corrected chi connectivity index (χ0v) is 25.2. The van der Waals surface area contributed by atoms with Gasteiger partial charge in [0.1, 0.15) is 0 Å². The van der Waals surface area contributed by atoms with Crippen LogP contribution in [-0.2, 0) is 0 Å². The van der Waals surface area contributed by atoms with Gasteiger partial charge >= 0.3 is 0 Å². The fraction of sp³-hybridized carbons (Fsp3) is 0. The lowest BCUT2D eigenvalue weighted by Crippen LogP contribution is -2.10. The summed E-state index contributed by atoms with van der Waals surface area (Å²) in [5.41, 5.74) is 9.40. The van der Waals surface area contributed by atoms with Gasteiger partial charge in [0.2, 0.25) is 0 Å². The summed E-state index contributed by atoms with van der Waals surface area (Å²) in [5.74, 6) is 0. The average Bonchev–Trinajstić information content (AvgIpc) is 3.46. The number of nitrogens with zero attached hydrogens (tertiary/aromatic N) is 2. The summed E-state index contributed by atoms with van der Waals surface area (Å²) < 4.78 is 2.38. The Morgan fingerprint density at radius 3 is 1.83 bits per heavy atom. The quantitative estimate of drug-likeness (QED) is 0.195. The summed E-state index contributed by atoms with van der Waals surface area (Å²) in [4.78, 5) is 2.38.